The number of benzene rings is 3. The third-order valence-electron chi connectivity index (χ3n) is 5.50. The molecule has 0 bridgehead atoms. The SMILES string of the molecule is O=C(COC(=O)c1ccc2noc(-c3ccccc3)c2c1)c1ccc2c(c1)CCC2. The molecule has 30 heavy (non-hydrogen) atoms. The van der Waals surface area contributed by atoms with Crippen LogP contribution in [0.25, 0.3) is 22.2 Å². The number of fused-ring (bicyclic) bond motifs is 2. The van der Waals surface area contributed by atoms with E-state index in [1.165, 1.54) is 11.1 Å². The van der Waals surface area contributed by atoms with Crippen LogP contribution in [0.1, 0.15) is 38.3 Å². The van der Waals surface area contributed by atoms with E-state index in [9.17, 15) is 9.59 Å². The Labute approximate surface area is 173 Å². The van der Waals surface area contributed by atoms with Gasteiger partial charge in [0.1, 0.15) is 5.52 Å². The van der Waals surface area contributed by atoms with E-state index in [1.54, 1.807) is 18.2 Å². The van der Waals surface area contributed by atoms with Gasteiger partial charge in [0.15, 0.2) is 18.2 Å². The number of rotatable bonds is 5. The predicted molar refractivity (Wildman–Crippen MR) is 113 cm³/mol. The third-order valence-corrected chi connectivity index (χ3v) is 5.50. The average Bonchev–Trinajstić information content (AvgIpc) is 3.43. The standard InChI is InChI=1S/C25H19NO4/c27-23(19-10-9-16-7-4-8-18(16)13-19)15-29-25(28)20-11-12-22-21(14-20)24(30-26-22)17-5-2-1-3-6-17/h1-3,5-6,9-14H,4,7-8,15H2. The highest BCUT2D eigenvalue weighted by molar-refractivity contribution is 6.01. The van der Waals surface area contributed by atoms with E-state index < -0.39 is 5.97 Å². The van der Waals surface area contributed by atoms with E-state index in [0.29, 0.717) is 22.4 Å². The lowest BCUT2D eigenvalue weighted by Crippen LogP contribution is -2.14. The number of nitrogens with zero attached hydrogens (tertiary/aromatic N) is 1. The van der Waals surface area contributed by atoms with Gasteiger partial charge >= 0.3 is 5.97 Å². The normalized spacial score (nSPS) is 12.7. The van der Waals surface area contributed by atoms with Crippen LogP contribution in [0, 0.1) is 0 Å². The highest BCUT2D eigenvalue weighted by atomic mass is 16.5. The van der Waals surface area contributed by atoms with Crippen molar-refractivity contribution < 1.29 is 18.8 Å². The summed E-state index contributed by atoms with van der Waals surface area (Å²) in [5.74, 6) is -0.157. The molecule has 0 saturated carbocycles. The first-order chi connectivity index (χ1) is 14.7. The fraction of sp³-hybridized carbons (Fsp3) is 0.160. The van der Waals surface area contributed by atoms with Crippen molar-refractivity contribution >= 4 is 22.7 Å². The molecule has 0 N–H and O–H groups in total. The topological polar surface area (TPSA) is 69.4 Å². The lowest BCUT2D eigenvalue weighted by molar-refractivity contribution is 0.0475. The van der Waals surface area contributed by atoms with E-state index in [0.717, 1.165) is 30.2 Å². The fourth-order valence-corrected chi connectivity index (χ4v) is 3.91. The second-order valence-electron chi connectivity index (χ2n) is 7.45. The summed E-state index contributed by atoms with van der Waals surface area (Å²) in [6, 6.07) is 20.3. The average molecular weight is 397 g/mol. The Bertz CT molecular complexity index is 1260. The molecule has 5 heteroatoms. The van der Waals surface area contributed by atoms with Crippen LogP contribution in [0.15, 0.2) is 71.3 Å². The Hall–Kier alpha value is -3.73. The summed E-state index contributed by atoms with van der Waals surface area (Å²) in [6.45, 7) is -0.287. The van der Waals surface area contributed by atoms with Gasteiger partial charge in [-0.2, -0.15) is 0 Å². The summed E-state index contributed by atoms with van der Waals surface area (Å²) in [5, 5.41) is 4.78. The molecule has 0 radical (unpaired) electrons. The molecule has 1 aromatic heterocycles. The monoisotopic (exact) mass is 397 g/mol. The number of ketones is 1. The minimum atomic E-state index is -0.549. The van der Waals surface area contributed by atoms with Gasteiger partial charge in [-0.15, -0.1) is 0 Å². The summed E-state index contributed by atoms with van der Waals surface area (Å²) >= 11 is 0. The molecular formula is C25H19NO4. The zero-order valence-corrected chi connectivity index (χ0v) is 16.3. The first-order valence-electron chi connectivity index (χ1n) is 9.96. The van der Waals surface area contributed by atoms with Crippen molar-refractivity contribution in [3.8, 4) is 11.3 Å². The number of carbonyl (C=O) groups is 2. The molecule has 0 amide bonds. The number of ether oxygens (including phenoxy) is 1. The molecule has 5 nitrogen and oxygen atoms in total. The molecule has 0 fully saturated rings. The predicted octanol–water partition coefficient (Wildman–Crippen LogP) is 5.02. The first-order valence-corrected chi connectivity index (χ1v) is 9.96. The lowest BCUT2D eigenvalue weighted by atomic mass is 10.0. The molecule has 1 aliphatic carbocycles. The molecule has 0 aliphatic heterocycles. The van der Waals surface area contributed by atoms with Crippen LogP contribution in [0.3, 0.4) is 0 Å². The summed E-state index contributed by atoms with van der Waals surface area (Å²) in [7, 11) is 0. The van der Waals surface area contributed by atoms with Crippen molar-refractivity contribution in [3.63, 3.8) is 0 Å². The molecule has 0 saturated heterocycles. The zero-order chi connectivity index (χ0) is 20.5. The van der Waals surface area contributed by atoms with Crippen molar-refractivity contribution in [2.75, 3.05) is 6.61 Å². The van der Waals surface area contributed by atoms with Crippen LogP contribution in [-0.4, -0.2) is 23.5 Å². The minimum absolute atomic E-state index is 0.200. The van der Waals surface area contributed by atoms with Gasteiger partial charge in [0.25, 0.3) is 0 Å². The number of esters is 1. The second kappa shape index (κ2) is 7.59. The van der Waals surface area contributed by atoms with Crippen molar-refractivity contribution in [1.29, 1.82) is 0 Å². The Morgan fingerprint density at radius 2 is 1.70 bits per heavy atom. The summed E-state index contributed by atoms with van der Waals surface area (Å²) in [5.41, 5.74) is 4.99. The zero-order valence-electron chi connectivity index (χ0n) is 16.3. The molecule has 3 aromatic carbocycles. The van der Waals surface area contributed by atoms with Gasteiger partial charge in [0.2, 0.25) is 0 Å². The van der Waals surface area contributed by atoms with Crippen LogP contribution in [0.4, 0.5) is 0 Å². The van der Waals surface area contributed by atoms with E-state index >= 15 is 0 Å². The van der Waals surface area contributed by atoms with Crippen molar-refractivity contribution in [2.24, 2.45) is 0 Å². The first kappa shape index (κ1) is 18.3. The van der Waals surface area contributed by atoms with Crippen molar-refractivity contribution in [1.82, 2.24) is 5.16 Å². The molecule has 4 aromatic rings. The van der Waals surface area contributed by atoms with E-state index in [2.05, 4.69) is 5.16 Å². The Kier molecular flexibility index (Phi) is 4.64. The third kappa shape index (κ3) is 3.39. The molecule has 0 unspecified atom stereocenters. The largest absolute Gasteiger partial charge is 0.454 e. The molecular weight excluding hydrogens is 378 g/mol. The second-order valence-corrected chi connectivity index (χ2v) is 7.45. The van der Waals surface area contributed by atoms with Gasteiger partial charge in [-0.05, 0) is 54.7 Å². The van der Waals surface area contributed by atoms with Gasteiger partial charge in [-0.3, -0.25) is 4.79 Å². The van der Waals surface area contributed by atoms with Crippen molar-refractivity contribution in [3.05, 3.63) is 89.0 Å². The number of hydrogen-bond donors (Lipinski definition) is 0. The molecule has 1 heterocycles. The molecule has 1 aliphatic rings. The highest BCUT2D eigenvalue weighted by Gasteiger charge is 2.18. The smallest absolute Gasteiger partial charge is 0.338 e. The van der Waals surface area contributed by atoms with Gasteiger partial charge in [-0.1, -0.05) is 47.6 Å². The van der Waals surface area contributed by atoms with Crippen LogP contribution in [-0.2, 0) is 17.6 Å². The van der Waals surface area contributed by atoms with Crippen molar-refractivity contribution in [2.45, 2.75) is 19.3 Å². The van der Waals surface area contributed by atoms with Gasteiger partial charge < -0.3 is 9.26 Å². The van der Waals surface area contributed by atoms with E-state index in [1.807, 2.05) is 48.5 Å². The summed E-state index contributed by atoms with van der Waals surface area (Å²) in [6.07, 6.45) is 3.19. The molecule has 148 valence electrons. The number of hydrogen-bond acceptors (Lipinski definition) is 5. The summed E-state index contributed by atoms with van der Waals surface area (Å²) < 4.78 is 10.8. The Balaban J connectivity index is 1.33. The van der Waals surface area contributed by atoms with Crippen LogP contribution >= 0.6 is 0 Å². The van der Waals surface area contributed by atoms with Crippen LogP contribution in [0.2, 0.25) is 0 Å². The number of aryl methyl sites for hydroxylation is 2. The molecule has 0 atom stereocenters. The lowest BCUT2D eigenvalue weighted by Gasteiger charge is -2.06. The quantitative estimate of drug-likeness (QED) is 0.349. The number of carbonyl (C=O) groups excluding carboxylic acids is 2. The van der Waals surface area contributed by atoms with Gasteiger partial charge in [-0.25, -0.2) is 4.79 Å². The maximum Gasteiger partial charge on any atom is 0.338 e. The fourth-order valence-electron chi connectivity index (χ4n) is 3.91. The number of Topliss-reactive ketones (excluding diaryl/α,β-unsaturated/α-hetero) is 1. The van der Waals surface area contributed by atoms with Gasteiger partial charge in [0.05, 0.1) is 10.9 Å². The highest BCUT2D eigenvalue weighted by Crippen LogP contribution is 2.29. The van der Waals surface area contributed by atoms with E-state index in [-0.39, 0.29) is 12.4 Å². The van der Waals surface area contributed by atoms with Crippen LogP contribution in [0.5, 0.6) is 0 Å². The Morgan fingerprint density at radius 1 is 0.900 bits per heavy atom. The number of aromatic nitrogens is 1. The Morgan fingerprint density at radius 3 is 2.57 bits per heavy atom. The van der Waals surface area contributed by atoms with Gasteiger partial charge in [0, 0.05) is 11.1 Å². The maximum atomic E-state index is 12.6. The molecule has 5 rings (SSSR count). The summed E-state index contributed by atoms with van der Waals surface area (Å²) in [4.78, 5) is 25.0. The van der Waals surface area contributed by atoms with Crippen LogP contribution < -0.4 is 0 Å². The van der Waals surface area contributed by atoms with E-state index in [4.69, 9.17) is 9.26 Å². The minimum Gasteiger partial charge on any atom is -0.454 e. The maximum absolute atomic E-state index is 12.6. The molecule has 0 spiro atoms.